The summed E-state index contributed by atoms with van der Waals surface area (Å²) >= 11 is 0. The minimum absolute atomic E-state index is 0.0144. The van der Waals surface area contributed by atoms with E-state index in [1.165, 1.54) is 12.5 Å². The molecule has 0 aliphatic rings. The Kier molecular flexibility index (Phi) is 5.38. The number of benzene rings is 2. The molecule has 0 amide bonds. The predicted molar refractivity (Wildman–Crippen MR) is 108 cm³/mol. The third-order valence-corrected chi connectivity index (χ3v) is 5.44. The molecule has 0 fully saturated rings. The van der Waals surface area contributed by atoms with Crippen molar-refractivity contribution in [2.75, 3.05) is 6.26 Å². The number of hydrogen-bond donors (Lipinski definition) is 1. The molecule has 0 bridgehead atoms. The van der Waals surface area contributed by atoms with Gasteiger partial charge in [-0.3, -0.25) is 0 Å². The van der Waals surface area contributed by atoms with E-state index in [-0.39, 0.29) is 10.6 Å². The van der Waals surface area contributed by atoms with Crippen molar-refractivity contribution in [2.45, 2.75) is 25.2 Å². The molecule has 0 aliphatic heterocycles. The second-order valence-corrected chi connectivity index (χ2v) is 9.18. The topological polar surface area (TPSA) is 89.3 Å². The van der Waals surface area contributed by atoms with Crippen LogP contribution in [0.5, 0.6) is 0 Å². The molecule has 3 rings (SSSR count). The summed E-state index contributed by atoms with van der Waals surface area (Å²) in [6.45, 7) is 4.11. The van der Waals surface area contributed by atoms with Crippen LogP contribution in [0.3, 0.4) is 0 Å². The fourth-order valence-corrected chi connectivity index (χ4v) is 3.64. The zero-order valence-electron chi connectivity index (χ0n) is 16.0. The van der Waals surface area contributed by atoms with Crippen LogP contribution in [0.4, 0.5) is 0 Å². The van der Waals surface area contributed by atoms with Gasteiger partial charge in [-0.25, -0.2) is 18.2 Å². The Morgan fingerprint density at radius 3 is 2.36 bits per heavy atom. The van der Waals surface area contributed by atoms with Gasteiger partial charge in [0.05, 0.1) is 4.90 Å². The molecule has 7 heteroatoms. The van der Waals surface area contributed by atoms with Gasteiger partial charge in [-0.15, -0.1) is 0 Å². The highest BCUT2D eigenvalue weighted by atomic mass is 32.2. The fourth-order valence-electron chi connectivity index (χ4n) is 2.98. The number of rotatable bonds is 6. The Labute approximate surface area is 164 Å². The van der Waals surface area contributed by atoms with Gasteiger partial charge in [0.1, 0.15) is 5.82 Å². The first-order valence-corrected chi connectivity index (χ1v) is 10.8. The van der Waals surface area contributed by atoms with Crippen molar-refractivity contribution >= 4 is 15.8 Å². The molecule has 0 saturated heterocycles. The SMILES string of the molecule is CC(C)Cc1nc(C(=O)O)cn1-c1ccc(-c2cccc(S(C)(=O)=O)c2)cc1. The van der Waals surface area contributed by atoms with E-state index < -0.39 is 15.8 Å². The number of imidazole rings is 1. The van der Waals surface area contributed by atoms with Crippen molar-refractivity contribution < 1.29 is 18.3 Å². The standard InChI is InChI=1S/C21H22N2O4S/c1-14(2)11-20-22-19(21(24)25)13-23(20)17-9-7-15(8-10-17)16-5-4-6-18(12-16)28(3,26)27/h4-10,12-14H,11H2,1-3H3,(H,24,25). The zero-order chi connectivity index (χ0) is 20.5. The van der Waals surface area contributed by atoms with Gasteiger partial charge < -0.3 is 9.67 Å². The number of hydrogen-bond acceptors (Lipinski definition) is 4. The summed E-state index contributed by atoms with van der Waals surface area (Å²) in [5.41, 5.74) is 2.49. The van der Waals surface area contributed by atoms with Crippen molar-refractivity contribution in [3.05, 3.63) is 66.2 Å². The minimum Gasteiger partial charge on any atom is -0.476 e. The molecule has 2 aromatic carbocycles. The second kappa shape index (κ2) is 7.59. The van der Waals surface area contributed by atoms with E-state index >= 15 is 0 Å². The maximum Gasteiger partial charge on any atom is 0.356 e. The molecule has 1 heterocycles. The number of nitrogens with zero attached hydrogens (tertiary/aromatic N) is 2. The molecule has 6 nitrogen and oxygen atoms in total. The molecule has 0 aliphatic carbocycles. The Morgan fingerprint density at radius 1 is 1.11 bits per heavy atom. The molecule has 0 saturated carbocycles. The predicted octanol–water partition coefficient (Wildman–Crippen LogP) is 3.84. The fraction of sp³-hybridized carbons (Fsp3) is 0.238. The molecule has 0 radical (unpaired) electrons. The van der Waals surface area contributed by atoms with Crippen molar-refractivity contribution in [1.29, 1.82) is 0 Å². The van der Waals surface area contributed by atoms with Crippen molar-refractivity contribution in [2.24, 2.45) is 5.92 Å². The molecule has 0 spiro atoms. The van der Waals surface area contributed by atoms with Crippen LogP contribution in [0.15, 0.2) is 59.6 Å². The van der Waals surface area contributed by atoms with Gasteiger partial charge in [0.15, 0.2) is 15.5 Å². The highest BCUT2D eigenvalue weighted by molar-refractivity contribution is 7.90. The number of aromatic carboxylic acids is 1. The highest BCUT2D eigenvalue weighted by Gasteiger charge is 2.15. The van der Waals surface area contributed by atoms with Gasteiger partial charge in [-0.05, 0) is 41.3 Å². The zero-order valence-corrected chi connectivity index (χ0v) is 16.8. The quantitative estimate of drug-likeness (QED) is 0.681. The molecule has 28 heavy (non-hydrogen) atoms. The molecular weight excluding hydrogens is 376 g/mol. The lowest BCUT2D eigenvalue weighted by Crippen LogP contribution is -2.04. The van der Waals surface area contributed by atoms with Crippen LogP contribution >= 0.6 is 0 Å². The Balaban J connectivity index is 1.99. The largest absolute Gasteiger partial charge is 0.476 e. The highest BCUT2D eigenvalue weighted by Crippen LogP contribution is 2.25. The monoisotopic (exact) mass is 398 g/mol. The van der Waals surface area contributed by atoms with E-state index in [1.807, 2.05) is 30.3 Å². The minimum atomic E-state index is -3.28. The molecule has 3 aromatic rings. The summed E-state index contributed by atoms with van der Waals surface area (Å²) in [6.07, 6.45) is 3.37. The number of carboxylic acids is 1. The Morgan fingerprint density at radius 2 is 1.79 bits per heavy atom. The summed E-state index contributed by atoms with van der Waals surface area (Å²) in [5.74, 6) is -0.0296. The first-order chi connectivity index (χ1) is 13.1. The van der Waals surface area contributed by atoms with Gasteiger partial charge in [0, 0.05) is 24.6 Å². The van der Waals surface area contributed by atoms with Crippen LogP contribution in [0.1, 0.15) is 30.2 Å². The third-order valence-electron chi connectivity index (χ3n) is 4.33. The van der Waals surface area contributed by atoms with Crippen LogP contribution in [0.2, 0.25) is 0 Å². The van der Waals surface area contributed by atoms with E-state index in [0.717, 1.165) is 16.8 Å². The third kappa shape index (κ3) is 4.31. The summed E-state index contributed by atoms with van der Waals surface area (Å²) in [7, 11) is -3.28. The Bertz CT molecular complexity index is 1110. The molecule has 1 N–H and O–H groups in total. The molecule has 146 valence electrons. The van der Waals surface area contributed by atoms with Crippen molar-refractivity contribution in [3.8, 4) is 16.8 Å². The molecule has 1 aromatic heterocycles. The smallest absolute Gasteiger partial charge is 0.356 e. The summed E-state index contributed by atoms with van der Waals surface area (Å²) < 4.78 is 25.4. The first kappa shape index (κ1) is 19.8. The summed E-state index contributed by atoms with van der Waals surface area (Å²) in [4.78, 5) is 15.8. The molecule has 0 unspecified atom stereocenters. The van der Waals surface area contributed by atoms with Crippen LogP contribution in [-0.2, 0) is 16.3 Å². The lowest BCUT2D eigenvalue weighted by atomic mass is 10.1. The van der Waals surface area contributed by atoms with E-state index in [2.05, 4.69) is 18.8 Å². The summed E-state index contributed by atoms with van der Waals surface area (Å²) in [5, 5.41) is 9.26. The Hall–Kier alpha value is -2.93. The summed E-state index contributed by atoms with van der Waals surface area (Å²) in [6, 6.07) is 14.3. The van der Waals surface area contributed by atoms with Crippen molar-refractivity contribution in [3.63, 3.8) is 0 Å². The number of carboxylic acid groups (broad SMARTS) is 1. The van der Waals surface area contributed by atoms with Gasteiger partial charge in [-0.1, -0.05) is 38.1 Å². The first-order valence-electron chi connectivity index (χ1n) is 8.87. The number of carbonyl (C=O) groups is 1. The maximum absolute atomic E-state index is 11.8. The normalized spacial score (nSPS) is 11.7. The lowest BCUT2D eigenvalue weighted by molar-refractivity contribution is 0.0691. The van der Waals surface area contributed by atoms with Gasteiger partial charge >= 0.3 is 5.97 Å². The number of aromatic nitrogens is 2. The van der Waals surface area contributed by atoms with E-state index in [4.69, 9.17) is 0 Å². The van der Waals surface area contributed by atoms with Gasteiger partial charge in [-0.2, -0.15) is 0 Å². The van der Waals surface area contributed by atoms with Crippen LogP contribution in [-0.4, -0.2) is 35.3 Å². The average molecular weight is 398 g/mol. The maximum atomic E-state index is 11.8. The number of sulfone groups is 1. The van der Waals surface area contributed by atoms with E-state index in [0.29, 0.717) is 18.2 Å². The second-order valence-electron chi connectivity index (χ2n) is 7.16. The van der Waals surface area contributed by atoms with Gasteiger partial charge in [0.25, 0.3) is 0 Å². The van der Waals surface area contributed by atoms with Crippen molar-refractivity contribution in [1.82, 2.24) is 9.55 Å². The average Bonchev–Trinajstić information content (AvgIpc) is 3.05. The lowest BCUT2D eigenvalue weighted by Gasteiger charge is -2.11. The van der Waals surface area contributed by atoms with E-state index in [9.17, 15) is 18.3 Å². The molecular formula is C21H22N2O4S. The van der Waals surface area contributed by atoms with Crippen LogP contribution in [0.25, 0.3) is 16.8 Å². The van der Waals surface area contributed by atoms with Crippen LogP contribution in [0, 0.1) is 5.92 Å². The van der Waals surface area contributed by atoms with Crippen LogP contribution < -0.4 is 0 Å². The van der Waals surface area contributed by atoms with E-state index in [1.54, 1.807) is 22.8 Å². The van der Waals surface area contributed by atoms with Gasteiger partial charge in [0.2, 0.25) is 0 Å². The molecule has 0 atom stereocenters.